The van der Waals surface area contributed by atoms with Gasteiger partial charge in [0.15, 0.2) is 12.4 Å². The molecule has 5 heteroatoms. The van der Waals surface area contributed by atoms with Crippen molar-refractivity contribution in [3.63, 3.8) is 0 Å². The Morgan fingerprint density at radius 3 is 2.61 bits per heavy atom. The van der Waals surface area contributed by atoms with Gasteiger partial charge in [-0.15, -0.1) is 0 Å². The normalized spacial score (nSPS) is 44.2. The van der Waals surface area contributed by atoms with E-state index in [1.54, 1.807) is 6.08 Å². The molecule has 0 amide bonds. The zero-order valence-corrected chi connectivity index (χ0v) is 17.0. The van der Waals surface area contributed by atoms with E-state index in [4.69, 9.17) is 4.74 Å². The Labute approximate surface area is 166 Å². The number of carbonyl (C=O) groups excluding carboxylic acids is 3. The number of aliphatic hydroxyl groups is 1. The van der Waals surface area contributed by atoms with E-state index in [9.17, 15) is 19.5 Å². The second-order valence-electron chi connectivity index (χ2n) is 9.66. The highest BCUT2D eigenvalue weighted by molar-refractivity contribution is 6.01. The Bertz CT molecular complexity index is 795. The molecule has 0 radical (unpaired) electrons. The van der Waals surface area contributed by atoms with Crippen LogP contribution in [0.2, 0.25) is 0 Å². The smallest absolute Gasteiger partial charge is 0.303 e. The fraction of sp³-hybridized carbons (Fsp3) is 0.696. The number of Topliss-reactive ketones (excluding diaryl/α,β-unsaturated/α-hetero) is 1. The summed E-state index contributed by atoms with van der Waals surface area (Å²) in [6, 6.07) is 0. The van der Waals surface area contributed by atoms with Crippen LogP contribution >= 0.6 is 0 Å². The van der Waals surface area contributed by atoms with Gasteiger partial charge in [0.25, 0.3) is 0 Å². The Kier molecular flexibility index (Phi) is 4.46. The molecule has 152 valence electrons. The molecule has 0 aromatic carbocycles. The predicted molar refractivity (Wildman–Crippen MR) is 103 cm³/mol. The molecule has 3 saturated carbocycles. The lowest BCUT2D eigenvalue weighted by atomic mass is 9.47. The zero-order chi connectivity index (χ0) is 20.3. The average molecular weight is 386 g/mol. The molecule has 1 N–H and O–H groups in total. The van der Waals surface area contributed by atoms with Gasteiger partial charge in [-0.1, -0.05) is 25.5 Å². The minimum atomic E-state index is -1.42. The summed E-state index contributed by atoms with van der Waals surface area (Å²) in [7, 11) is 0. The van der Waals surface area contributed by atoms with E-state index in [0.29, 0.717) is 18.3 Å². The molecule has 0 spiro atoms. The highest BCUT2D eigenvalue weighted by Crippen LogP contribution is 2.67. The summed E-state index contributed by atoms with van der Waals surface area (Å²) in [4.78, 5) is 35.8. The fourth-order valence-corrected chi connectivity index (χ4v) is 6.96. The van der Waals surface area contributed by atoms with E-state index in [0.717, 1.165) is 32.1 Å². The van der Waals surface area contributed by atoms with Gasteiger partial charge in [-0.2, -0.15) is 0 Å². The summed E-state index contributed by atoms with van der Waals surface area (Å²) in [6.45, 7) is 5.23. The van der Waals surface area contributed by atoms with Crippen LogP contribution in [0.5, 0.6) is 0 Å². The van der Waals surface area contributed by atoms with Crippen molar-refractivity contribution in [1.29, 1.82) is 0 Å². The molecule has 6 atom stereocenters. The lowest BCUT2D eigenvalue weighted by molar-refractivity contribution is -0.168. The largest absolute Gasteiger partial charge is 0.458 e. The molecule has 3 fully saturated rings. The van der Waals surface area contributed by atoms with Gasteiger partial charge < -0.3 is 9.84 Å². The van der Waals surface area contributed by atoms with Crippen molar-refractivity contribution in [3.8, 4) is 0 Å². The summed E-state index contributed by atoms with van der Waals surface area (Å²) in [5, 5.41) is 11.4. The van der Waals surface area contributed by atoms with Crippen LogP contribution in [0.15, 0.2) is 23.8 Å². The van der Waals surface area contributed by atoms with Crippen LogP contribution in [-0.2, 0) is 19.1 Å². The molecule has 0 aromatic heterocycles. The van der Waals surface area contributed by atoms with E-state index in [1.807, 2.05) is 6.08 Å². The van der Waals surface area contributed by atoms with Crippen molar-refractivity contribution in [1.82, 2.24) is 0 Å². The Hall–Kier alpha value is -1.75. The summed E-state index contributed by atoms with van der Waals surface area (Å²) in [5.41, 5.74) is -0.769. The topological polar surface area (TPSA) is 80.7 Å². The van der Waals surface area contributed by atoms with Crippen LogP contribution in [-0.4, -0.2) is 34.9 Å². The van der Waals surface area contributed by atoms with E-state index < -0.39 is 17.0 Å². The molecule has 0 bridgehead atoms. The van der Waals surface area contributed by atoms with Crippen molar-refractivity contribution >= 4 is 17.5 Å². The number of carbonyl (C=O) groups is 3. The Morgan fingerprint density at radius 1 is 1.18 bits per heavy atom. The fourth-order valence-electron chi connectivity index (χ4n) is 6.96. The third-order valence-corrected chi connectivity index (χ3v) is 8.58. The molecule has 4 rings (SSSR count). The Morgan fingerprint density at radius 2 is 1.89 bits per heavy atom. The second kappa shape index (κ2) is 6.38. The number of allylic oxidation sites excluding steroid dienone is 4. The van der Waals surface area contributed by atoms with Gasteiger partial charge in [-0.05, 0) is 68.4 Å². The maximum absolute atomic E-state index is 12.8. The first-order chi connectivity index (χ1) is 13.1. The molecule has 0 saturated heterocycles. The van der Waals surface area contributed by atoms with Crippen molar-refractivity contribution < 1.29 is 24.2 Å². The number of ether oxygens (including phenoxy) is 1. The van der Waals surface area contributed by atoms with Crippen LogP contribution < -0.4 is 0 Å². The highest BCUT2D eigenvalue weighted by Gasteiger charge is 2.66. The molecule has 4 aliphatic rings. The van der Waals surface area contributed by atoms with Gasteiger partial charge in [-0.3, -0.25) is 14.4 Å². The van der Waals surface area contributed by atoms with Crippen LogP contribution in [0.3, 0.4) is 0 Å². The lowest BCUT2D eigenvalue weighted by Gasteiger charge is -2.57. The number of hydrogen-bond acceptors (Lipinski definition) is 5. The minimum Gasteiger partial charge on any atom is -0.458 e. The first-order valence-corrected chi connectivity index (χ1v) is 10.4. The number of hydrogen-bond donors (Lipinski definition) is 1. The predicted octanol–water partition coefficient (Wildman–Crippen LogP) is 3.16. The van der Waals surface area contributed by atoms with E-state index >= 15 is 0 Å². The molecule has 28 heavy (non-hydrogen) atoms. The zero-order valence-electron chi connectivity index (χ0n) is 17.0. The van der Waals surface area contributed by atoms with Crippen LogP contribution in [0.1, 0.15) is 59.3 Å². The van der Waals surface area contributed by atoms with Crippen LogP contribution in [0, 0.1) is 28.6 Å². The average Bonchev–Trinajstić information content (AvgIpc) is 2.92. The minimum absolute atomic E-state index is 0.0814. The first-order valence-electron chi connectivity index (χ1n) is 10.4. The van der Waals surface area contributed by atoms with Gasteiger partial charge in [0.1, 0.15) is 5.60 Å². The van der Waals surface area contributed by atoms with Gasteiger partial charge >= 0.3 is 5.97 Å². The van der Waals surface area contributed by atoms with Gasteiger partial charge in [0.05, 0.1) is 0 Å². The number of fused-ring (bicyclic) bond motifs is 5. The molecular weight excluding hydrogens is 356 g/mol. The van der Waals surface area contributed by atoms with Crippen molar-refractivity contribution in [2.45, 2.75) is 64.9 Å². The van der Waals surface area contributed by atoms with E-state index in [-0.39, 0.29) is 29.5 Å². The maximum atomic E-state index is 12.8. The van der Waals surface area contributed by atoms with E-state index in [1.165, 1.54) is 12.5 Å². The molecule has 5 nitrogen and oxygen atoms in total. The Balaban J connectivity index is 1.61. The first kappa shape index (κ1) is 19.6. The third kappa shape index (κ3) is 2.58. The maximum Gasteiger partial charge on any atom is 0.303 e. The summed E-state index contributed by atoms with van der Waals surface area (Å²) in [6.07, 6.45) is 10.5. The van der Waals surface area contributed by atoms with E-state index in [2.05, 4.69) is 19.9 Å². The standard InChI is InChI=1S/C23H30O5/c1-14(24)28-13-20(26)23(27)11-8-19-17-5-4-15-12-16(25)6-9-21(15,2)18(17)7-10-22(19,23)3/h6,9,12,17-19,27H,4-5,7-8,10-11,13H2,1-3H3/t17-,18+,19+,21-,22+,23+/m0/s1. The van der Waals surface area contributed by atoms with Crippen molar-refractivity contribution in [2.24, 2.45) is 28.6 Å². The van der Waals surface area contributed by atoms with Crippen molar-refractivity contribution in [3.05, 3.63) is 23.8 Å². The highest BCUT2D eigenvalue weighted by atomic mass is 16.5. The summed E-state index contributed by atoms with van der Waals surface area (Å²) in [5.74, 6) is 0.338. The quantitative estimate of drug-likeness (QED) is 0.754. The summed E-state index contributed by atoms with van der Waals surface area (Å²) >= 11 is 0. The molecule has 4 aliphatic carbocycles. The number of esters is 1. The third-order valence-electron chi connectivity index (χ3n) is 8.58. The monoisotopic (exact) mass is 386 g/mol. The number of rotatable bonds is 3. The molecule has 0 unspecified atom stereocenters. The van der Waals surface area contributed by atoms with Crippen LogP contribution in [0.25, 0.3) is 0 Å². The molecule has 0 aromatic rings. The molecule has 0 heterocycles. The van der Waals surface area contributed by atoms with Crippen LogP contribution in [0.4, 0.5) is 0 Å². The number of ketones is 2. The molecular formula is C23H30O5. The molecule has 0 aliphatic heterocycles. The van der Waals surface area contributed by atoms with Gasteiger partial charge in [-0.25, -0.2) is 0 Å². The van der Waals surface area contributed by atoms with Gasteiger partial charge in [0, 0.05) is 17.8 Å². The summed E-state index contributed by atoms with van der Waals surface area (Å²) < 4.78 is 4.91. The van der Waals surface area contributed by atoms with Gasteiger partial charge in [0.2, 0.25) is 5.78 Å². The lowest BCUT2D eigenvalue weighted by Crippen LogP contribution is -2.58. The second-order valence-corrected chi connectivity index (χ2v) is 9.66. The van der Waals surface area contributed by atoms with Crippen molar-refractivity contribution in [2.75, 3.05) is 6.61 Å². The SMILES string of the molecule is CC(=O)OCC(=O)[C@]1(O)CC[C@@H]2[C@H]3CCC4=CC(=O)C=C[C@]4(C)[C@@H]3CC[C@]21C.